The maximum Gasteiger partial charge on any atom is 0.137 e. The number of benzene rings is 1. The van der Waals surface area contributed by atoms with Crippen molar-refractivity contribution in [1.29, 1.82) is 0 Å². The second kappa shape index (κ2) is 3.72. The highest BCUT2D eigenvalue weighted by atomic mass is 14.9. The van der Waals surface area contributed by atoms with Gasteiger partial charge in [0.05, 0.1) is 0 Å². The van der Waals surface area contributed by atoms with Gasteiger partial charge < -0.3 is 4.98 Å². The normalized spacial score (nSPS) is 9.00. The first kappa shape index (κ1) is 8.53. The predicted molar refractivity (Wildman–Crippen MR) is 50.8 cm³/mol. The van der Waals surface area contributed by atoms with E-state index in [0.717, 1.165) is 11.4 Å². The minimum atomic E-state index is 0. The number of nitrogens with one attached hydrogen (secondary N) is 1. The standard InChI is InChI=1S/C9H8N2.CH4/c1-2-4-8(5-3-1)9-10-6-7-11-9;/h1-7H,(H,10,11);1H4. The van der Waals surface area contributed by atoms with E-state index in [9.17, 15) is 0 Å². The van der Waals surface area contributed by atoms with E-state index in [1.165, 1.54) is 0 Å². The summed E-state index contributed by atoms with van der Waals surface area (Å²) in [6.45, 7) is 0. The first-order valence-electron chi connectivity index (χ1n) is 3.51. The molecular formula is C10H12N2. The summed E-state index contributed by atoms with van der Waals surface area (Å²) in [5.41, 5.74) is 1.12. The molecule has 0 saturated heterocycles. The van der Waals surface area contributed by atoms with Crippen molar-refractivity contribution in [2.45, 2.75) is 7.43 Å². The molecule has 2 rings (SSSR count). The maximum absolute atomic E-state index is 4.13. The minimum absolute atomic E-state index is 0. The lowest BCUT2D eigenvalue weighted by molar-refractivity contribution is 1.31. The summed E-state index contributed by atoms with van der Waals surface area (Å²) in [5.74, 6) is 0.922. The Labute approximate surface area is 72.3 Å². The van der Waals surface area contributed by atoms with Crippen molar-refractivity contribution in [3.8, 4) is 11.4 Å². The third kappa shape index (κ3) is 1.53. The maximum atomic E-state index is 4.13. The van der Waals surface area contributed by atoms with E-state index in [2.05, 4.69) is 9.97 Å². The van der Waals surface area contributed by atoms with Gasteiger partial charge >= 0.3 is 0 Å². The molecule has 2 nitrogen and oxygen atoms in total. The monoisotopic (exact) mass is 160 g/mol. The van der Waals surface area contributed by atoms with Gasteiger partial charge in [-0.15, -0.1) is 0 Å². The summed E-state index contributed by atoms with van der Waals surface area (Å²) in [5, 5.41) is 0. The Bertz CT molecular complexity index is 311. The number of hydrogen-bond acceptors (Lipinski definition) is 1. The fourth-order valence-corrected chi connectivity index (χ4v) is 1.02. The molecule has 0 aliphatic rings. The van der Waals surface area contributed by atoms with Gasteiger partial charge in [0.1, 0.15) is 5.82 Å². The number of aromatic nitrogens is 2. The fourth-order valence-electron chi connectivity index (χ4n) is 1.02. The zero-order valence-electron chi connectivity index (χ0n) is 5.99. The quantitative estimate of drug-likeness (QED) is 0.682. The van der Waals surface area contributed by atoms with Gasteiger partial charge in [-0.3, -0.25) is 0 Å². The lowest BCUT2D eigenvalue weighted by Crippen LogP contribution is -1.77. The van der Waals surface area contributed by atoms with Gasteiger partial charge in [0, 0.05) is 18.0 Å². The third-order valence-electron chi connectivity index (χ3n) is 1.55. The molecule has 0 saturated carbocycles. The molecule has 1 aromatic carbocycles. The largest absolute Gasteiger partial charge is 0.345 e. The van der Waals surface area contributed by atoms with Crippen LogP contribution in [0.5, 0.6) is 0 Å². The van der Waals surface area contributed by atoms with Crippen molar-refractivity contribution < 1.29 is 0 Å². The molecule has 0 spiro atoms. The first-order valence-corrected chi connectivity index (χ1v) is 3.51. The summed E-state index contributed by atoms with van der Waals surface area (Å²) in [6, 6.07) is 10.0. The summed E-state index contributed by atoms with van der Waals surface area (Å²) < 4.78 is 0. The van der Waals surface area contributed by atoms with Crippen LogP contribution in [-0.2, 0) is 0 Å². The topological polar surface area (TPSA) is 28.7 Å². The molecule has 0 aliphatic carbocycles. The lowest BCUT2D eigenvalue weighted by Gasteiger charge is -1.92. The van der Waals surface area contributed by atoms with Gasteiger partial charge in [0.15, 0.2) is 0 Å². The summed E-state index contributed by atoms with van der Waals surface area (Å²) in [6.07, 6.45) is 3.57. The number of H-pyrrole nitrogens is 1. The van der Waals surface area contributed by atoms with Crippen molar-refractivity contribution in [2.75, 3.05) is 0 Å². The Hall–Kier alpha value is -1.57. The van der Waals surface area contributed by atoms with E-state index < -0.39 is 0 Å². The van der Waals surface area contributed by atoms with Crippen LogP contribution in [0.25, 0.3) is 11.4 Å². The molecule has 2 aromatic rings. The number of aromatic amines is 1. The molecule has 0 radical (unpaired) electrons. The van der Waals surface area contributed by atoms with Gasteiger partial charge in [-0.1, -0.05) is 37.8 Å². The SMILES string of the molecule is C.c1ccc(-c2ncc[nH]2)cc1. The molecule has 62 valence electrons. The van der Waals surface area contributed by atoms with Crippen molar-refractivity contribution in [2.24, 2.45) is 0 Å². The molecule has 12 heavy (non-hydrogen) atoms. The number of rotatable bonds is 1. The molecule has 0 fully saturated rings. The van der Waals surface area contributed by atoms with E-state index in [4.69, 9.17) is 0 Å². The van der Waals surface area contributed by atoms with Crippen LogP contribution >= 0.6 is 0 Å². The van der Waals surface area contributed by atoms with Gasteiger partial charge in [-0.25, -0.2) is 4.98 Å². The van der Waals surface area contributed by atoms with Gasteiger partial charge in [0.2, 0.25) is 0 Å². The average Bonchev–Trinajstić information content (AvgIpc) is 2.58. The zero-order valence-corrected chi connectivity index (χ0v) is 5.99. The van der Waals surface area contributed by atoms with Crippen LogP contribution in [0.3, 0.4) is 0 Å². The summed E-state index contributed by atoms with van der Waals surface area (Å²) in [4.78, 5) is 7.17. The Kier molecular flexibility index (Phi) is 2.64. The van der Waals surface area contributed by atoms with E-state index in [0.29, 0.717) is 0 Å². The van der Waals surface area contributed by atoms with Crippen LogP contribution in [0.4, 0.5) is 0 Å². The van der Waals surface area contributed by atoms with Crippen LogP contribution in [0.1, 0.15) is 7.43 Å². The molecule has 0 unspecified atom stereocenters. The Morgan fingerprint density at radius 2 is 1.83 bits per heavy atom. The molecular weight excluding hydrogens is 148 g/mol. The molecule has 1 N–H and O–H groups in total. The highest BCUT2D eigenvalue weighted by Gasteiger charge is 1.94. The van der Waals surface area contributed by atoms with E-state index in [1.807, 2.05) is 36.5 Å². The second-order valence-corrected chi connectivity index (χ2v) is 2.30. The first-order chi connectivity index (χ1) is 5.47. The van der Waals surface area contributed by atoms with Crippen LogP contribution in [0.2, 0.25) is 0 Å². The summed E-state index contributed by atoms with van der Waals surface area (Å²) in [7, 11) is 0. The molecule has 0 aliphatic heterocycles. The van der Waals surface area contributed by atoms with Gasteiger partial charge in [-0.2, -0.15) is 0 Å². The summed E-state index contributed by atoms with van der Waals surface area (Å²) >= 11 is 0. The van der Waals surface area contributed by atoms with Crippen LogP contribution in [0.15, 0.2) is 42.7 Å². The average molecular weight is 160 g/mol. The third-order valence-corrected chi connectivity index (χ3v) is 1.55. The van der Waals surface area contributed by atoms with E-state index in [-0.39, 0.29) is 7.43 Å². The van der Waals surface area contributed by atoms with E-state index >= 15 is 0 Å². The minimum Gasteiger partial charge on any atom is -0.345 e. The molecule has 1 heterocycles. The van der Waals surface area contributed by atoms with Crippen molar-refractivity contribution in [3.63, 3.8) is 0 Å². The molecule has 0 atom stereocenters. The Morgan fingerprint density at radius 3 is 2.42 bits per heavy atom. The number of nitrogens with zero attached hydrogens (tertiary/aromatic N) is 1. The highest BCUT2D eigenvalue weighted by molar-refractivity contribution is 5.53. The molecule has 1 aromatic heterocycles. The fraction of sp³-hybridized carbons (Fsp3) is 0.100. The lowest BCUT2D eigenvalue weighted by atomic mass is 10.2. The second-order valence-electron chi connectivity index (χ2n) is 2.30. The predicted octanol–water partition coefficient (Wildman–Crippen LogP) is 2.71. The smallest absolute Gasteiger partial charge is 0.137 e. The molecule has 2 heteroatoms. The van der Waals surface area contributed by atoms with Crippen LogP contribution in [0, 0.1) is 0 Å². The number of hydrogen-bond donors (Lipinski definition) is 1. The Balaban J connectivity index is 0.000000720. The highest BCUT2D eigenvalue weighted by Crippen LogP contribution is 2.11. The van der Waals surface area contributed by atoms with Crippen molar-refractivity contribution >= 4 is 0 Å². The van der Waals surface area contributed by atoms with Gasteiger partial charge in [-0.05, 0) is 0 Å². The number of imidazole rings is 1. The van der Waals surface area contributed by atoms with Crippen LogP contribution in [-0.4, -0.2) is 9.97 Å². The van der Waals surface area contributed by atoms with Gasteiger partial charge in [0.25, 0.3) is 0 Å². The Morgan fingerprint density at radius 1 is 1.08 bits per heavy atom. The molecule has 0 bridgehead atoms. The van der Waals surface area contributed by atoms with Crippen molar-refractivity contribution in [3.05, 3.63) is 42.7 Å². The zero-order chi connectivity index (χ0) is 7.52. The van der Waals surface area contributed by atoms with Crippen molar-refractivity contribution in [1.82, 2.24) is 9.97 Å². The molecule has 0 amide bonds. The van der Waals surface area contributed by atoms with E-state index in [1.54, 1.807) is 6.20 Å². The van der Waals surface area contributed by atoms with Crippen LogP contribution < -0.4 is 0 Å².